The van der Waals surface area contributed by atoms with Crippen LogP contribution in [0.3, 0.4) is 0 Å². The van der Waals surface area contributed by atoms with Crippen molar-refractivity contribution in [2.45, 2.75) is 63.6 Å². The molecule has 0 saturated heterocycles. The van der Waals surface area contributed by atoms with E-state index in [1.165, 1.54) is 48.5 Å². The number of carbonyl (C=O) groups excluding carboxylic acids is 2. The summed E-state index contributed by atoms with van der Waals surface area (Å²) < 4.78 is 91.6. The molecule has 7 nitrogen and oxygen atoms in total. The summed E-state index contributed by atoms with van der Waals surface area (Å²) in [4.78, 5) is 25.7. The van der Waals surface area contributed by atoms with Crippen molar-refractivity contribution in [1.82, 2.24) is 0 Å². The third kappa shape index (κ3) is 11.5. The fraction of sp³-hybridized carbons (Fsp3) is 0.276. The van der Waals surface area contributed by atoms with E-state index in [1.807, 2.05) is 53.7 Å². The lowest BCUT2D eigenvalue weighted by atomic mass is 9.76. The number of hydrogen-bond acceptors (Lipinski definition) is 7. The van der Waals surface area contributed by atoms with Crippen LogP contribution in [-0.2, 0) is 36.2 Å². The Bertz CT molecular complexity index is 2440. The van der Waals surface area contributed by atoms with Crippen LogP contribution in [0, 0.1) is 23.3 Å². The van der Waals surface area contributed by atoms with Crippen LogP contribution in [0.2, 0.25) is 0 Å². The van der Waals surface area contributed by atoms with Gasteiger partial charge in [-0.1, -0.05) is 115 Å². The first-order valence-electron chi connectivity index (χ1n) is 22.6. The highest BCUT2D eigenvalue weighted by atomic mass is 19.1. The van der Waals surface area contributed by atoms with E-state index in [-0.39, 0.29) is 62.3 Å². The van der Waals surface area contributed by atoms with Crippen LogP contribution in [0.25, 0.3) is 0 Å². The van der Waals surface area contributed by atoms with Crippen LogP contribution in [0.1, 0.15) is 107 Å². The first kappa shape index (κ1) is 51.7. The van der Waals surface area contributed by atoms with E-state index in [0.717, 1.165) is 11.1 Å². The van der Waals surface area contributed by atoms with Crippen LogP contribution in [0.15, 0.2) is 147 Å². The summed E-state index contributed by atoms with van der Waals surface area (Å²) in [6.07, 6.45) is 4.49. The first-order chi connectivity index (χ1) is 32.9. The van der Waals surface area contributed by atoms with Crippen molar-refractivity contribution in [1.29, 1.82) is 0 Å². The van der Waals surface area contributed by atoms with Crippen LogP contribution in [-0.4, -0.2) is 52.2 Å². The second-order valence-corrected chi connectivity index (χ2v) is 18.5. The standard InChI is InChI=1S/C58H58F4O7/c1-9-27-66-53-39(37-63)33-45(55(3,4)5)35-51(53)57(41-11-19-47(59)20-12-41,42-13-21-48(60)22-14-42)68-31-29-65-30-32-69-58(43-15-23-49(61)24-16-43,44-17-25-50(62)26-18-44)52-36-46(56(6,7)8)34-40(38-64)54(52)67-28-10-2/h9-26,33-38H,1-2,27-32H2,3-8H3. The highest BCUT2D eigenvalue weighted by Gasteiger charge is 2.44. The molecule has 0 atom stereocenters. The fourth-order valence-electron chi connectivity index (χ4n) is 8.27. The topological polar surface area (TPSA) is 80.3 Å². The number of halogens is 4. The van der Waals surface area contributed by atoms with Gasteiger partial charge in [-0.05, 0) is 117 Å². The van der Waals surface area contributed by atoms with E-state index in [9.17, 15) is 27.2 Å². The zero-order valence-electron chi connectivity index (χ0n) is 39.9. The maximum Gasteiger partial charge on any atom is 0.153 e. The molecule has 6 rings (SSSR count). The van der Waals surface area contributed by atoms with Crippen molar-refractivity contribution in [3.63, 3.8) is 0 Å². The maximum absolute atomic E-state index is 14.7. The Morgan fingerprint density at radius 3 is 0.971 bits per heavy atom. The molecule has 0 fully saturated rings. The molecule has 360 valence electrons. The molecule has 0 aliphatic rings. The molecule has 0 radical (unpaired) electrons. The molecule has 69 heavy (non-hydrogen) atoms. The minimum atomic E-state index is -1.63. The molecule has 0 amide bonds. The van der Waals surface area contributed by atoms with Gasteiger partial charge in [0.1, 0.15) is 59.2 Å². The average Bonchev–Trinajstić information content (AvgIpc) is 3.32. The summed E-state index contributed by atoms with van der Waals surface area (Å²) in [6.45, 7) is 19.4. The zero-order valence-corrected chi connectivity index (χ0v) is 39.9. The van der Waals surface area contributed by atoms with Gasteiger partial charge in [-0.2, -0.15) is 0 Å². The molecule has 0 heterocycles. The molecule has 6 aromatic carbocycles. The Morgan fingerprint density at radius 1 is 0.435 bits per heavy atom. The van der Waals surface area contributed by atoms with Crippen LogP contribution >= 0.6 is 0 Å². The number of benzene rings is 6. The molecule has 0 unspecified atom stereocenters. The second kappa shape index (κ2) is 22.2. The van der Waals surface area contributed by atoms with Crippen LogP contribution < -0.4 is 9.47 Å². The van der Waals surface area contributed by atoms with Crippen molar-refractivity contribution in [2.24, 2.45) is 0 Å². The van der Waals surface area contributed by atoms with Crippen molar-refractivity contribution in [3.05, 3.63) is 226 Å². The lowest BCUT2D eigenvalue weighted by Crippen LogP contribution is -2.36. The molecule has 0 aliphatic carbocycles. The SMILES string of the molecule is C=CCOc1c(C=O)cc(C(C)(C)C)cc1C(OCCOCCOC(c1ccc(F)cc1)(c1ccc(F)cc1)c1cc(C(C)(C)C)cc(C=O)c1OCC=C)(c1ccc(F)cc1)c1ccc(F)cc1. The summed E-state index contributed by atoms with van der Waals surface area (Å²) >= 11 is 0. The van der Waals surface area contributed by atoms with E-state index in [0.29, 0.717) is 46.0 Å². The summed E-state index contributed by atoms with van der Waals surface area (Å²) in [7, 11) is 0. The highest BCUT2D eigenvalue weighted by Crippen LogP contribution is 2.49. The number of aldehydes is 2. The monoisotopic (exact) mass is 942 g/mol. The van der Waals surface area contributed by atoms with Gasteiger partial charge in [0.15, 0.2) is 12.6 Å². The van der Waals surface area contributed by atoms with Gasteiger partial charge in [0.2, 0.25) is 0 Å². The normalized spacial score (nSPS) is 12.1. The molecule has 0 N–H and O–H groups in total. The lowest BCUT2D eigenvalue weighted by molar-refractivity contribution is -0.0527. The van der Waals surface area contributed by atoms with Crippen molar-refractivity contribution in [3.8, 4) is 11.5 Å². The first-order valence-corrected chi connectivity index (χ1v) is 22.6. The third-order valence-electron chi connectivity index (χ3n) is 11.8. The molecule has 0 aliphatic heterocycles. The summed E-state index contributed by atoms with van der Waals surface area (Å²) in [5.74, 6) is -1.61. The Balaban J connectivity index is 1.43. The van der Waals surface area contributed by atoms with Gasteiger partial charge in [-0.25, -0.2) is 17.6 Å². The lowest BCUT2D eigenvalue weighted by Gasteiger charge is -2.38. The Hall–Kier alpha value is -6.66. The van der Waals surface area contributed by atoms with E-state index in [4.69, 9.17) is 23.7 Å². The van der Waals surface area contributed by atoms with Crippen molar-refractivity contribution < 1.29 is 50.8 Å². The van der Waals surface area contributed by atoms with Crippen LogP contribution in [0.4, 0.5) is 17.6 Å². The molecular formula is C58H58F4O7. The summed E-state index contributed by atoms with van der Waals surface area (Å²) in [6, 6.07) is 30.1. The fourth-order valence-corrected chi connectivity index (χ4v) is 8.27. The Labute approximate surface area is 402 Å². The third-order valence-corrected chi connectivity index (χ3v) is 11.8. The summed E-state index contributed by atoms with van der Waals surface area (Å²) in [5.41, 5.74) is 0.447. The second-order valence-electron chi connectivity index (χ2n) is 18.5. The molecule has 0 spiro atoms. The Morgan fingerprint density at radius 2 is 0.725 bits per heavy atom. The number of hydrogen-bond donors (Lipinski definition) is 0. The van der Waals surface area contributed by atoms with Crippen molar-refractivity contribution >= 4 is 12.6 Å². The molecular weight excluding hydrogens is 885 g/mol. The minimum absolute atomic E-state index is 0.0326. The quantitative estimate of drug-likeness (QED) is 0.0220. The van der Waals surface area contributed by atoms with Gasteiger partial charge in [0, 0.05) is 11.1 Å². The van der Waals surface area contributed by atoms with E-state index in [2.05, 4.69) is 13.2 Å². The summed E-state index contributed by atoms with van der Waals surface area (Å²) in [5, 5.41) is 0. The van der Waals surface area contributed by atoms with Gasteiger partial charge in [0.05, 0.1) is 37.6 Å². The maximum atomic E-state index is 14.7. The predicted octanol–water partition coefficient (Wildman–Crippen LogP) is 12.9. The van der Waals surface area contributed by atoms with Gasteiger partial charge >= 0.3 is 0 Å². The van der Waals surface area contributed by atoms with Gasteiger partial charge < -0.3 is 23.7 Å². The molecule has 0 saturated carbocycles. The van der Waals surface area contributed by atoms with Gasteiger partial charge in [-0.15, -0.1) is 0 Å². The van der Waals surface area contributed by atoms with E-state index in [1.54, 1.807) is 72.8 Å². The number of ether oxygens (including phenoxy) is 5. The average molecular weight is 943 g/mol. The minimum Gasteiger partial charge on any atom is -0.488 e. The van der Waals surface area contributed by atoms with E-state index >= 15 is 0 Å². The molecule has 0 aromatic heterocycles. The zero-order chi connectivity index (χ0) is 50.0. The highest BCUT2D eigenvalue weighted by molar-refractivity contribution is 5.83. The van der Waals surface area contributed by atoms with E-state index < -0.39 is 45.3 Å². The number of carbonyl (C=O) groups is 2. The number of rotatable bonds is 22. The van der Waals surface area contributed by atoms with Crippen LogP contribution in [0.5, 0.6) is 11.5 Å². The molecule has 0 bridgehead atoms. The predicted molar refractivity (Wildman–Crippen MR) is 261 cm³/mol. The molecule has 6 aromatic rings. The smallest absolute Gasteiger partial charge is 0.153 e. The van der Waals surface area contributed by atoms with Gasteiger partial charge in [0.25, 0.3) is 0 Å². The Kier molecular flexibility index (Phi) is 16.6. The van der Waals surface area contributed by atoms with Gasteiger partial charge in [-0.3, -0.25) is 9.59 Å². The molecule has 11 heteroatoms. The van der Waals surface area contributed by atoms with Crippen molar-refractivity contribution in [2.75, 3.05) is 39.6 Å². The largest absolute Gasteiger partial charge is 0.488 e.